The van der Waals surface area contributed by atoms with Gasteiger partial charge in [-0.05, 0) is 18.2 Å². The first kappa shape index (κ1) is 15.7. The molecule has 0 radical (unpaired) electrons. The molecule has 0 fully saturated rings. The lowest BCUT2D eigenvalue weighted by atomic mass is 10.3. The Balaban J connectivity index is 0.000000199. The van der Waals surface area contributed by atoms with Crippen molar-refractivity contribution in [3.63, 3.8) is 0 Å². The van der Waals surface area contributed by atoms with Crippen LogP contribution in [-0.4, -0.2) is 5.11 Å². The quantitative estimate of drug-likeness (QED) is 0.436. The average Bonchev–Trinajstić information content (AvgIpc) is 2.36. The minimum atomic E-state index is 0.186. The van der Waals surface area contributed by atoms with Gasteiger partial charge in [-0.25, -0.2) is 0 Å². The number of phenols is 1. The Bertz CT molecular complexity index is 501. The molecule has 0 amide bonds. The van der Waals surface area contributed by atoms with Crippen LogP contribution >= 0.6 is 58.0 Å². The first-order valence-corrected chi connectivity index (χ1v) is 6.55. The van der Waals surface area contributed by atoms with Gasteiger partial charge < -0.3 is 5.11 Å². The Morgan fingerprint density at radius 1 is 0.667 bits per heavy atom. The number of benzene rings is 2. The molecule has 0 aliphatic heterocycles. The van der Waals surface area contributed by atoms with E-state index < -0.39 is 0 Å². The Labute approximate surface area is 130 Å². The number of para-hydroxylation sites is 1. The summed E-state index contributed by atoms with van der Waals surface area (Å²) in [4.78, 5) is 0. The van der Waals surface area contributed by atoms with Crippen molar-refractivity contribution in [1.82, 2.24) is 0 Å². The van der Waals surface area contributed by atoms with Crippen molar-refractivity contribution >= 4 is 58.0 Å². The molecule has 0 spiro atoms. The van der Waals surface area contributed by atoms with Gasteiger partial charge in [0, 0.05) is 0 Å². The molecular weight excluding hydrogens is 337 g/mol. The normalized spacial score (nSPS) is 9.61. The van der Waals surface area contributed by atoms with Crippen LogP contribution in [0.2, 0.25) is 25.1 Å². The van der Waals surface area contributed by atoms with Gasteiger partial charge in [-0.1, -0.05) is 76.2 Å². The maximum atomic E-state index is 8.63. The zero-order chi connectivity index (χ0) is 13.7. The first-order valence-electron chi connectivity index (χ1n) is 4.66. The summed E-state index contributed by atoms with van der Waals surface area (Å²) in [5, 5.41) is 9.86. The largest absolute Gasteiger partial charge is 0.508 e. The van der Waals surface area contributed by atoms with Crippen molar-refractivity contribution in [2.75, 3.05) is 0 Å². The van der Waals surface area contributed by atoms with E-state index in [-0.39, 0.29) is 15.1 Å². The minimum absolute atomic E-state index is 0.186. The lowest BCUT2D eigenvalue weighted by Crippen LogP contribution is -1.75. The highest BCUT2D eigenvalue weighted by Gasteiger charge is 2.10. The number of hydrogen-bond donors (Lipinski definition) is 1. The number of aromatic hydroxyl groups is 1. The van der Waals surface area contributed by atoms with Crippen LogP contribution in [0.3, 0.4) is 0 Å². The van der Waals surface area contributed by atoms with Crippen molar-refractivity contribution in [3.8, 4) is 5.75 Å². The molecule has 6 heteroatoms. The molecule has 0 bridgehead atoms. The van der Waals surface area contributed by atoms with Crippen molar-refractivity contribution in [3.05, 3.63) is 61.5 Å². The number of rotatable bonds is 0. The van der Waals surface area contributed by atoms with Gasteiger partial charge in [-0.15, -0.1) is 0 Å². The molecular formula is C12H7Cl5O. The third-order valence-electron chi connectivity index (χ3n) is 1.81. The van der Waals surface area contributed by atoms with Crippen LogP contribution in [0.1, 0.15) is 0 Å². The van der Waals surface area contributed by atoms with Gasteiger partial charge in [0.1, 0.15) is 5.75 Å². The standard InChI is InChI=1S/C6HCl5.C6H6O/c7-2-1-3(8)5(10)6(11)4(2)9;7-6-4-2-1-3-5-6/h1H;1-5,7H. The zero-order valence-electron chi connectivity index (χ0n) is 8.80. The second-order valence-corrected chi connectivity index (χ2v) is 5.07. The summed E-state index contributed by atoms with van der Waals surface area (Å²) in [6.07, 6.45) is 0. The zero-order valence-corrected chi connectivity index (χ0v) is 12.6. The summed E-state index contributed by atoms with van der Waals surface area (Å²) >= 11 is 28.2. The van der Waals surface area contributed by atoms with Crippen LogP contribution in [0.15, 0.2) is 36.4 Å². The third-order valence-corrected chi connectivity index (χ3v) is 3.96. The van der Waals surface area contributed by atoms with Crippen LogP contribution < -0.4 is 0 Å². The molecule has 0 unspecified atom stereocenters. The average molecular weight is 344 g/mol. The lowest BCUT2D eigenvalue weighted by molar-refractivity contribution is 0.475. The summed E-state index contributed by atoms with van der Waals surface area (Å²) < 4.78 is 0. The van der Waals surface area contributed by atoms with Gasteiger partial charge in [0.05, 0.1) is 25.1 Å². The fourth-order valence-electron chi connectivity index (χ4n) is 0.972. The molecule has 0 atom stereocenters. The highest BCUT2D eigenvalue weighted by atomic mass is 35.5. The van der Waals surface area contributed by atoms with Gasteiger partial charge in [0.2, 0.25) is 0 Å². The summed E-state index contributed by atoms with van der Waals surface area (Å²) in [7, 11) is 0. The van der Waals surface area contributed by atoms with Crippen molar-refractivity contribution in [2.24, 2.45) is 0 Å². The van der Waals surface area contributed by atoms with Crippen LogP contribution in [0.4, 0.5) is 0 Å². The van der Waals surface area contributed by atoms with E-state index >= 15 is 0 Å². The minimum Gasteiger partial charge on any atom is -0.508 e. The maximum absolute atomic E-state index is 8.63. The molecule has 18 heavy (non-hydrogen) atoms. The van der Waals surface area contributed by atoms with Gasteiger partial charge in [-0.2, -0.15) is 0 Å². The van der Waals surface area contributed by atoms with E-state index in [2.05, 4.69) is 0 Å². The van der Waals surface area contributed by atoms with E-state index in [0.29, 0.717) is 15.8 Å². The fourth-order valence-corrected chi connectivity index (χ4v) is 2.08. The van der Waals surface area contributed by atoms with E-state index in [1.807, 2.05) is 6.07 Å². The summed E-state index contributed by atoms with van der Waals surface area (Å²) in [6.45, 7) is 0. The highest BCUT2D eigenvalue weighted by Crippen LogP contribution is 2.40. The molecule has 2 aromatic carbocycles. The molecule has 0 saturated heterocycles. The summed E-state index contributed by atoms with van der Waals surface area (Å²) in [5.74, 6) is 0.322. The predicted octanol–water partition coefficient (Wildman–Crippen LogP) is 6.35. The van der Waals surface area contributed by atoms with E-state index in [0.717, 1.165) is 0 Å². The highest BCUT2D eigenvalue weighted by molar-refractivity contribution is 6.54. The maximum Gasteiger partial charge on any atom is 0.115 e. The van der Waals surface area contributed by atoms with Crippen LogP contribution in [-0.2, 0) is 0 Å². The van der Waals surface area contributed by atoms with E-state index in [4.69, 9.17) is 63.1 Å². The van der Waals surface area contributed by atoms with Gasteiger partial charge >= 0.3 is 0 Å². The summed E-state index contributed by atoms with van der Waals surface area (Å²) in [6, 6.07) is 10.2. The van der Waals surface area contributed by atoms with E-state index in [1.165, 1.54) is 6.07 Å². The third kappa shape index (κ3) is 4.42. The van der Waals surface area contributed by atoms with Crippen molar-refractivity contribution < 1.29 is 5.11 Å². The van der Waals surface area contributed by atoms with E-state index in [1.54, 1.807) is 24.3 Å². The molecule has 2 aromatic rings. The monoisotopic (exact) mass is 342 g/mol. The Kier molecular flexibility index (Phi) is 6.40. The Morgan fingerprint density at radius 2 is 1.11 bits per heavy atom. The van der Waals surface area contributed by atoms with Crippen LogP contribution in [0.5, 0.6) is 5.75 Å². The number of hydrogen-bond acceptors (Lipinski definition) is 1. The van der Waals surface area contributed by atoms with Crippen molar-refractivity contribution in [1.29, 1.82) is 0 Å². The molecule has 0 heterocycles. The van der Waals surface area contributed by atoms with Crippen LogP contribution in [0, 0.1) is 0 Å². The molecule has 0 aliphatic rings. The number of phenolic OH excluding ortho intramolecular Hbond substituents is 1. The lowest BCUT2D eigenvalue weighted by Gasteiger charge is -2.02. The molecule has 1 N–H and O–H groups in total. The topological polar surface area (TPSA) is 20.2 Å². The molecule has 0 aliphatic carbocycles. The second kappa shape index (κ2) is 7.32. The fraction of sp³-hybridized carbons (Fsp3) is 0. The Hall–Kier alpha value is -0.310. The van der Waals surface area contributed by atoms with E-state index in [9.17, 15) is 0 Å². The SMILES string of the molecule is Clc1cc(Cl)c(Cl)c(Cl)c1Cl.Oc1ccccc1. The van der Waals surface area contributed by atoms with Crippen molar-refractivity contribution in [2.45, 2.75) is 0 Å². The summed E-state index contributed by atoms with van der Waals surface area (Å²) in [5.41, 5.74) is 0. The smallest absolute Gasteiger partial charge is 0.115 e. The van der Waals surface area contributed by atoms with Gasteiger partial charge in [0.15, 0.2) is 0 Å². The number of halogens is 5. The molecule has 1 nitrogen and oxygen atoms in total. The molecule has 0 saturated carbocycles. The molecule has 96 valence electrons. The second-order valence-electron chi connectivity index (χ2n) is 3.12. The Morgan fingerprint density at radius 3 is 1.44 bits per heavy atom. The van der Waals surface area contributed by atoms with Crippen LogP contribution in [0.25, 0.3) is 0 Å². The first-order chi connectivity index (χ1) is 8.43. The van der Waals surface area contributed by atoms with Gasteiger partial charge in [0.25, 0.3) is 0 Å². The predicted molar refractivity (Wildman–Crippen MR) is 79.6 cm³/mol. The molecule has 0 aromatic heterocycles. The van der Waals surface area contributed by atoms with Gasteiger partial charge in [-0.3, -0.25) is 0 Å². The molecule has 2 rings (SSSR count).